The average molecular weight is 595 g/mol. The second-order valence-corrected chi connectivity index (χ2v) is 12.3. The number of quaternary nitrogens is 1. The standard InChI is InChI=1S/C25H25F2NO4S.C4H11NO3/c1-12-7-16-15(24(2,3)11-32-25(16,4)5)10-14(12)19-20(27)13(8-17(26)21(19)31-6)9-18-22(29)28-23(30)33-18;5-4(1-6,2-7)3-8/h7-10H,11H2,1-6H3,(H,28,29,30);6-8H,1-3,5H2/b18-9-;. The van der Waals surface area contributed by atoms with Crippen molar-refractivity contribution in [1.29, 1.82) is 0 Å². The van der Waals surface area contributed by atoms with E-state index in [2.05, 4.69) is 10.7 Å². The molecule has 2 heterocycles. The number of halogens is 2. The first-order valence-corrected chi connectivity index (χ1v) is 13.6. The van der Waals surface area contributed by atoms with Gasteiger partial charge in [0.15, 0.2) is 17.1 Å². The first-order chi connectivity index (χ1) is 19.0. The van der Waals surface area contributed by atoms with Gasteiger partial charge in [-0.25, -0.2) is 13.8 Å². The predicted octanol–water partition coefficient (Wildman–Crippen LogP) is 1.77. The van der Waals surface area contributed by atoms with E-state index in [-0.39, 0.29) is 47.0 Å². The van der Waals surface area contributed by atoms with Crippen LogP contribution in [0.15, 0.2) is 28.1 Å². The number of aliphatic imine (C=N–C) groups is 1. The van der Waals surface area contributed by atoms with Crippen LogP contribution < -0.4 is 15.6 Å². The molecular formula is C29H36F2N2O7S. The summed E-state index contributed by atoms with van der Waals surface area (Å²) in [5, 5.41) is 36.0. The number of nitrogens with zero attached hydrogens (tertiary/aromatic N) is 1. The fourth-order valence-corrected chi connectivity index (χ4v) is 5.04. The van der Waals surface area contributed by atoms with Crippen LogP contribution in [0.2, 0.25) is 0 Å². The van der Waals surface area contributed by atoms with Crippen LogP contribution in [0.25, 0.3) is 17.2 Å². The number of fused-ring (bicyclic) bond motifs is 1. The van der Waals surface area contributed by atoms with Gasteiger partial charge in [0.25, 0.3) is 5.91 Å². The number of aliphatic hydroxyl groups excluding tert-OH is 3. The summed E-state index contributed by atoms with van der Waals surface area (Å²) in [5.41, 5.74) is 4.53. The Morgan fingerprint density at radius 2 is 1.76 bits per heavy atom. The molecule has 4 rings (SSSR count). The minimum absolute atomic E-state index is 0.0385. The highest BCUT2D eigenvalue weighted by Gasteiger charge is 2.39. The van der Waals surface area contributed by atoms with Gasteiger partial charge in [0.2, 0.25) is 0 Å². The SMILES string of the molecule is COc1c(F)cc(/C=C2\SC([O-])=NC2=O)c(F)c1-c1cc2c(cc1C)C(C)(C)OCC2(C)C.[NH3+]C(CO)(CO)CO. The number of aryl methyl sites for hydroxylation is 1. The molecule has 0 saturated carbocycles. The lowest BCUT2D eigenvalue weighted by atomic mass is 9.73. The summed E-state index contributed by atoms with van der Waals surface area (Å²) >= 11 is 0.588. The van der Waals surface area contributed by atoms with E-state index in [0.717, 1.165) is 28.8 Å². The molecule has 0 bridgehead atoms. The van der Waals surface area contributed by atoms with E-state index in [1.165, 1.54) is 7.11 Å². The minimum atomic E-state index is -0.958. The highest BCUT2D eigenvalue weighted by atomic mass is 32.2. The van der Waals surface area contributed by atoms with Crippen LogP contribution in [-0.4, -0.2) is 65.5 Å². The summed E-state index contributed by atoms with van der Waals surface area (Å²) in [6.07, 6.45) is 1.15. The summed E-state index contributed by atoms with van der Waals surface area (Å²) in [6.45, 7) is 9.47. The van der Waals surface area contributed by atoms with Crippen molar-refractivity contribution in [2.24, 2.45) is 4.99 Å². The lowest BCUT2D eigenvalue weighted by molar-refractivity contribution is -0.494. The number of carbonyl (C=O) groups is 1. The molecule has 41 heavy (non-hydrogen) atoms. The molecule has 0 saturated heterocycles. The Bertz CT molecular complexity index is 1390. The van der Waals surface area contributed by atoms with Crippen LogP contribution in [0.5, 0.6) is 5.75 Å². The summed E-state index contributed by atoms with van der Waals surface area (Å²) in [6, 6.07) is 4.78. The summed E-state index contributed by atoms with van der Waals surface area (Å²) in [4.78, 5) is 15.1. The van der Waals surface area contributed by atoms with E-state index in [1.54, 1.807) is 0 Å². The third-order valence-corrected chi connectivity index (χ3v) is 7.88. The lowest BCUT2D eigenvalue weighted by Crippen LogP contribution is -2.78. The fourth-order valence-electron chi connectivity index (χ4n) is 4.41. The molecule has 2 aromatic rings. The largest absolute Gasteiger partial charge is 0.853 e. The van der Waals surface area contributed by atoms with Gasteiger partial charge in [-0.2, -0.15) is 0 Å². The Hall–Kier alpha value is -2.87. The van der Waals surface area contributed by atoms with Crippen molar-refractivity contribution in [1.82, 2.24) is 0 Å². The molecule has 9 nitrogen and oxygen atoms in total. The van der Waals surface area contributed by atoms with Crippen molar-refractivity contribution in [3.05, 3.63) is 57.0 Å². The molecule has 0 spiro atoms. The number of carbonyl (C=O) groups excluding carboxylic acids is 1. The molecule has 0 aromatic heterocycles. The number of hydrogen-bond donors (Lipinski definition) is 4. The van der Waals surface area contributed by atoms with Gasteiger partial charge < -0.3 is 35.6 Å². The molecule has 0 atom stereocenters. The first-order valence-electron chi connectivity index (χ1n) is 12.8. The monoisotopic (exact) mass is 594 g/mol. The second kappa shape index (κ2) is 12.2. The van der Waals surface area contributed by atoms with Gasteiger partial charge >= 0.3 is 0 Å². The molecular weight excluding hydrogens is 558 g/mol. The summed E-state index contributed by atoms with van der Waals surface area (Å²) in [5.74, 6) is -2.52. The first kappa shape index (κ1) is 32.6. The molecule has 1 amide bonds. The zero-order valence-electron chi connectivity index (χ0n) is 23.9. The number of thioether (sulfide) groups is 1. The number of aliphatic hydroxyl groups is 3. The van der Waals surface area contributed by atoms with Crippen LogP contribution >= 0.6 is 11.8 Å². The maximum atomic E-state index is 15.9. The van der Waals surface area contributed by atoms with Crippen LogP contribution in [0.4, 0.5) is 8.78 Å². The maximum absolute atomic E-state index is 15.9. The number of amides is 1. The summed E-state index contributed by atoms with van der Waals surface area (Å²) in [7, 11) is 1.28. The fraction of sp³-hybridized carbons (Fsp3) is 0.448. The zero-order chi connectivity index (χ0) is 30.9. The van der Waals surface area contributed by atoms with Crippen molar-refractivity contribution in [2.45, 2.75) is 51.2 Å². The summed E-state index contributed by atoms with van der Waals surface area (Å²) < 4.78 is 42.2. The maximum Gasteiger partial charge on any atom is 0.283 e. The lowest BCUT2D eigenvalue weighted by Gasteiger charge is -2.42. The number of benzene rings is 2. The van der Waals surface area contributed by atoms with Crippen molar-refractivity contribution in [3.8, 4) is 16.9 Å². The Labute approximate surface area is 241 Å². The van der Waals surface area contributed by atoms with Gasteiger partial charge in [0.05, 0.1) is 29.8 Å². The normalized spacial score (nSPS) is 18.5. The molecule has 224 valence electrons. The minimum Gasteiger partial charge on any atom is -0.853 e. The Kier molecular flexibility index (Phi) is 9.68. The topological polar surface area (TPSA) is 159 Å². The van der Waals surface area contributed by atoms with E-state index in [0.29, 0.717) is 23.9 Å². The van der Waals surface area contributed by atoms with Crippen molar-refractivity contribution in [3.63, 3.8) is 0 Å². The Morgan fingerprint density at radius 1 is 1.15 bits per heavy atom. The van der Waals surface area contributed by atoms with Crippen molar-refractivity contribution in [2.75, 3.05) is 33.5 Å². The quantitative estimate of drug-likeness (QED) is 0.368. The molecule has 6 N–H and O–H groups in total. The predicted molar refractivity (Wildman–Crippen MR) is 150 cm³/mol. The van der Waals surface area contributed by atoms with Crippen molar-refractivity contribution < 1.29 is 49.2 Å². The van der Waals surface area contributed by atoms with E-state index in [4.69, 9.17) is 24.8 Å². The van der Waals surface area contributed by atoms with Crippen LogP contribution in [0.3, 0.4) is 0 Å². The third kappa shape index (κ3) is 6.63. The van der Waals surface area contributed by atoms with Crippen molar-refractivity contribution >= 4 is 29.0 Å². The van der Waals surface area contributed by atoms with Crippen LogP contribution in [0, 0.1) is 18.6 Å². The number of methoxy groups -OCH3 is 1. The number of ether oxygens (including phenoxy) is 2. The van der Waals surface area contributed by atoms with E-state index < -0.39 is 33.9 Å². The highest BCUT2D eigenvalue weighted by molar-refractivity contribution is 8.18. The molecule has 12 heteroatoms. The molecule has 2 aliphatic heterocycles. The molecule has 2 aromatic carbocycles. The number of hydrogen-bond acceptors (Lipinski definition) is 8. The third-order valence-electron chi connectivity index (χ3n) is 7.10. The highest BCUT2D eigenvalue weighted by Crippen LogP contribution is 2.46. The van der Waals surface area contributed by atoms with Crippen LogP contribution in [-0.2, 0) is 20.5 Å². The average Bonchev–Trinajstić information content (AvgIpc) is 3.24. The van der Waals surface area contributed by atoms with Gasteiger partial charge in [-0.05, 0) is 61.2 Å². The Balaban J connectivity index is 0.000000507. The van der Waals surface area contributed by atoms with Gasteiger partial charge in [0.1, 0.15) is 25.6 Å². The van der Waals surface area contributed by atoms with Gasteiger partial charge in [-0.3, -0.25) is 4.79 Å². The zero-order valence-corrected chi connectivity index (χ0v) is 24.7. The van der Waals surface area contributed by atoms with Crippen LogP contribution in [0.1, 0.15) is 49.9 Å². The van der Waals surface area contributed by atoms with Gasteiger partial charge in [-0.15, -0.1) is 0 Å². The number of rotatable bonds is 6. The molecule has 0 radical (unpaired) electrons. The van der Waals surface area contributed by atoms with E-state index in [9.17, 15) is 9.90 Å². The van der Waals surface area contributed by atoms with Gasteiger partial charge in [-0.1, -0.05) is 31.7 Å². The molecule has 0 fully saturated rings. The smallest absolute Gasteiger partial charge is 0.283 e. The Morgan fingerprint density at radius 3 is 2.24 bits per heavy atom. The molecule has 2 aliphatic rings. The van der Waals surface area contributed by atoms with E-state index >= 15 is 8.78 Å². The molecule has 0 unspecified atom stereocenters. The van der Waals surface area contributed by atoms with E-state index in [1.807, 2.05) is 46.8 Å². The second-order valence-electron chi connectivity index (χ2n) is 11.3. The molecule has 0 aliphatic carbocycles. The van der Waals surface area contributed by atoms with Gasteiger partial charge in [0, 0.05) is 16.2 Å².